The van der Waals surface area contributed by atoms with Crippen LogP contribution < -0.4 is 5.73 Å². The van der Waals surface area contributed by atoms with Crippen molar-refractivity contribution in [3.8, 4) is 0 Å². The van der Waals surface area contributed by atoms with Gasteiger partial charge in [0.15, 0.2) is 0 Å². The van der Waals surface area contributed by atoms with Crippen molar-refractivity contribution in [2.75, 3.05) is 0 Å². The van der Waals surface area contributed by atoms with Gasteiger partial charge in [0.25, 0.3) is 0 Å². The molecule has 2 heterocycles. The molecule has 0 bridgehead atoms. The first-order chi connectivity index (χ1) is 8.49. The molecule has 18 heavy (non-hydrogen) atoms. The molecule has 5 heteroatoms. The van der Waals surface area contributed by atoms with Gasteiger partial charge in [-0.1, -0.05) is 11.6 Å². The van der Waals surface area contributed by atoms with Crippen molar-refractivity contribution in [1.29, 1.82) is 0 Å². The minimum Gasteiger partial charge on any atom is -0.324 e. The highest BCUT2D eigenvalue weighted by molar-refractivity contribution is 6.30. The molecule has 0 aromatic carbocycles. The minimum absolute atomic E-state index is 0.0906. The van der Waals surface area contributed by atoms with Crippen LogP contribution in [-0.4, -0.2) is 14.8 Å². The van der Waals surface area contributed by atoms with E-state index in [9.17, 15) is 0 Å². The lowest BCUT2D eigenvalue weighted by Crippen LogP contribution is -2.14. The standard InChI is InChI=1S/C13H17ClN4/c1-8-6-10(4-5-16-8)12(15)7-11-9(2)17-18(3)13(11)14/h4-6,12H,7,15H2,1-3H3. The highest BCUT2D eigenvalue weighted by atomic mass is 35.5. The lowest BCUT2D eigenvalue weighted by Gasteiger charge is -2.12. The van der Waals surface area contributed by atoms with Crippen LogP contribution >= 0.6 is 11.6 Å². The smallest absolute Gasteiger partial charge is 0.130 e. The Morgan fingerprint density at radius 2 is 2.17 bits per heavy atom. The second-order valence-corrected chi connectivity index (χ2v) is 4.88. The van der Waals surface area contributed by atoms with Crippen LogP contribution in [0.2, 0.25) is 5.15 Å². The van der Waals surface area contributed by atoms with E-state index in [0.717, 1.165) is 22.5 Å². The molecule has 2 rings (SSSR count). The molecule has 1 unspecified atom stereocenters. The predicted molar refractivity (Wildman–Crippen MR) is 72.6 cm³/mol. The van der Waals surface area contributed by atoms with Crippen LogP contribution in [-0.2, 0) is 13.5 Å². The van der Waals surface area contributed by atoms with Crippen LogP contribution in [0, 0.1) is 13.8 Å². The summed E-state index contributed by atoms with van der Waals surface area (Å²) in [4.78, 5) is 4.17. The van der Waals surface area contributed by atoms with E-state index in [-0.39, 0.29) is 6.04 Å². The number of nitrogens with two attached hydrogens (primary N) is 1. The Kier molecular flexibility index (Phi) is 3.68. The van der Waals surface area contributed by atoms with Gasteiger partial charge in [0.05, 0.1) is 5.69 Å². The zero-order valence-corrected chi connectivity index (χ0v) is 11.6. The summed E-state index contributed by atoms with van der Waals surface area (Å²) in [5.74, 6) is 0. The molecule has 0 aliphatic heterocycles. The third-order valence-corrected chi connectivity index (χ3v) is 3.52. The average Bonchev–Trinajstić information content (AvgIpc) is 2.56. The molecule has 0 amide bonds. The molecule has 0 radical (unpaired) electrons. The monoisotopic (exact) mass is 264 g/mol. The average molecular weight is 265 g/mol. The molecule has 0 spiro atoms. The molecular formula is C13H17ClN4. The Balaban J connectivity index is 2.24. The summed E-state index contributed by atoms with van der Waals surface area (Å²) in [5, 5.41) is 4.95. The number of halogens is 1. The fourth-order valence-electron chi connectivity index (χ4n) is 2.04. The van der Waals surface area contributed by atoms with Crippen molar-refractivity contribution in [3.63, 3.8) is 0 Å². The second kappa shape index (κ2) is 5.08. The maximum absolute atomic E-state index is 6.22. The Bertz CT molecular complexity index is 562. The lowest BCUT2D eigenvalue weighted by atomic mass is 10.0. The van der Waals surface area contributed by atoms with Crippen molar-refractivity contribution in [2.45, 2.75) is 26.3 Å². The molecule has 2 aromatic rings. The quantitative estimate of drug-likeness (QED) is 0.926. The van der Waals surface area contributed by atoms with Gasteiger partial charge in [0, 0.05) is 30.5 Å². The number of nitrogens with zero attached hydrogens (tertiary/aromatic N) is 3. The van der Waals surface area contributed by atoms with Gasteiger partial charge in [-0.25, -0.2) is 0 Å². The third-order valence-electron chi connectivity index (χ3n) is 3.04. The van der Waals surface area contributed by atoms with E-state index in [1.165, 1.54) is 0 Å². The van der Waals surface area contributed by atoms with Gasteiger partial charge >= 0.3 is 0 Å². The normalized spacial score (nSPS) is 12.7. The lowest BCUT2D eigenvalue weighted by molar-refractivity contribution is 0.715. The van der Waals surface area contributed by atoms with Crippen LogP contribution in [0.3, 0.4) is 0 Å². The summed E-state index contributed by atoms with van der Waals surface area (Å²) in [7, 11) is 1.83. The number of pyridine rings is 1. The molecule has 0 saturated heterocycles. The highest BCUT2D eigenvalue weighted by Crippen LogP contribution is 2.24. The fourth-order valence-corrected chi connectivity index (χ4v) is 2.29. The molecule has 0 saturated carbocycles. The molecule has 96 valence electrons. The predicted octanol–water partition coefficient (Wildman–Crippen LogP) is 2.33. The van der Waals surface area contributed by atoms with E-state index < -0.39 is 0 Å². The van der Waals surface area contributed by atoms with Gasteiger partial charge in [-0.05, 0) is 38.0 Å². The van der Waals surface area contributed by atoms with E-state index in [4.69, 9.17) is 17.3 Å². The van der Waals surface area contributed by atoms with Gasteiger partial charge in [0.1, 0.15) is 5.15 Å². The van der Waals surface area contributed by atoms with E-state index in [1.54, 1.807) is 10.9 Å². The SMILES string of the molecule is Cc1cc(C(N)Cc2c(C)nn(C)c2Cl)ccn1. The third kappa shape index (κ3) is 2.54. The number of rotatable bonds is 3. The zero-order chi connectivity index (χ0) is 13.3. The topological polar surface area (TPSA) is 56.7 Å². The maximum atomic E-state index is 6.22. The van der Waals surface area contributed by atoms with E-state index in [1.807, 2.05) is 33.0 Å². The van der Waals surface area contributed by atoms with Crippen molar-refractivity contribution in [2.24, 2.45) is 12.8 Å². The summed E-state index contributed by atoms with van der Waals surface area (Å²) >= 11 is 6.21. The van der Waals surface area contributed by atoms with Crippen molar-refractivity contribution >= 4 is 11.6 Å². The van der Waals surface area contributed by atoms with Gasteiger partial charge < -0.3 is 5.73 Å². The highest BCUT2D eigenvalue weighted by Gasteiger charge is 2.16. The summed E-state index contributed by atoms with van der Waals surface area (Å²) in [6, 6.07) is 3.86. The van der Waals surface area contributed by atoms with Crippen molar-refractivity contribution < 1.29 is 0 Å². The van der Waals surface area contributed by atoms with Crippen molar-refractivity contribution in [3.05, 3.63) is 46.0 Å². The fraction of sp³-hybridized carbons (Fsp3) is 0.385. The van der Waals surface area contributed by atoms with Crippen molar-refractivity contribution in [1.82, 2.24) is 14.8 Å². The Hall–Kier alpha value is -1.39. The summed E-state index contributed by atoms with van der Waals surface area (Å²) in [6.45, 7) is 3.91. The van der Waals surface area contributed by atoms with Gasteiger partial charge in [-0.15, -0.1) is 0 Å². The van der Waals surface area contributed by atoms with Gasteiger partial charge in [0.2, 0.25) is 0 Å². The first-order valence-corrected chi connectivity index (χ1v) is 6.23. The van der Waals surface area contributed by atoms with E-state index >= 15 is 0 Å². The number of aryl methyl sites for hydroxylation is 3. The van der Waals surface area contributed by atoms with Crippen LogP contribution in [0.15, 0.2) is 18.3 Å². The molecule has 2 aromatic heterocycles. The Morgan fingerprint density at radius 1 is 1.44 bits per heavy atom. The van der Waals surface area contributed by atoms with Crippen LogP contribution in [0.1, 0.15) is 28.6 Å². The van der Waals surface area contributed by atoms with Crippen LogP contribution in [0.25, 0.3) is 0 Å². The molecule has 2 N–H and O–H groups in total. The molecule has 1 atom stereocenters. The van der Waals surface area contributed by atoms with Gasteiger partial charge in [-0.2, -0.15) is 5.10 Å². The molecular weight excluding hydrogens is 248 g/mol. The van der Waals surface area contributed by atoms with Gasteiger partial charge in [-0.3, -0.25) is 9.67 Å². The number of aromatic nitrogens is 3. The second-order valence-electron chi connectivity index (χ2n) is 4.52. The zero-order valence-electron chi connectivity index (χ0n) is 10.8. The van der Waals surface area contributed by atoms with Crippen LogP contribution in [0.4, 0.5) is 0 Å². The summed E-state index contributed by atoms with van der Waals surface area (Å²) in [6.07, 6.45) is 2.46. The Morgan fingerprint density at radius 3 is 2.72 bits per heavy atom. The minimum atomic E-state index is -0.0906. The van der Waals surface area contributed by atoms with Crippen LogP contribution in [0.5, 0.6) is 0 Å². The molecule has 0 fully saturated rings. The molecule has 0 aliphatic rings. The van der Waals surface area contributed by atoms with E-state index in [0.29, 0.717) is 11.6 Å². The molecule has 4 nitrogen and oxygen atoms in total. The Labute approximate surface area is 112 Å². The summed E-state index contributed by atoms with van der Waals surface area (Å²) < 4.78 is 1.68. The maximum Gasteiger partial charge on any atom is 0.130 e. The number of hydrogen-bond donors (Lipinski definition) is 1. The molecule has 0 aliphatic carbocycles. The first kappa shape index (κ1) is 13.1. The first-order valence-electron chi connectivity index (χ1n) is 5.85. The number of hydrogen-bond acceptors (Lipinski definition) is 3. The summed E-state index contributed by atoms with van der Waals surface area (Å²) in [5.41, 5.74) is 10.2. The largest absolute Gasteiger partial charge is 0.324 e. The van der Waals surface area contributed by atoms with E-state index in [2.05, 4.69) is 10.1 Å².